The molecular formula is C22H29N3O2. The van der Waals surface area contributed by atoms with Crippen LogP contribution in [0.4, 0.5) is 17.1 Å². The lowest BCUT2D eigenvalue weighted by Gasteiger charge is -2.23. The number of nitrogens with zero attached hydrogens (tertiary/aromatic N) is 2. The van der Waals surface area contributed by atoms with Gasteiger partial charge in [-0.2, -0.15) is 0 Å². The van der Waals surface area contributed by atoms with E-state index in [1.54, 1.807) is 0 Å². The minimum atomic E-state index is -0.218. The molecule has 27 heavy (non-hydrogen) atoms. The molecule has 0 radical (unpaired) electrons. The number of hydrogen-bond acceptors (Lipinski definition) is 3. The van der Waals surface area contributed by atoms with E-state index in [4.69, 9.17) is 0 Å². The van der Waals surface area contributed by atoms with E-state index in [-0.39, 0.29) is 18.4 Å². The summed E-state index contributed by atoms with van der Waals surface area (Å²) in [7, 11) is 0. The molecule has 0 saturated carbocycles. The van der Waals surface area contributed by atoms with Gasteiger partial charge in [-0.25, -0.2) is 0 Å². The Morgan fingerprint density at radius 3 is 2.04 bits per heavy atom. The first kappa shape index (κ1) is 20.5. The summed E-state index contributed by atoms with van der Waals surface area (Å²) in [4.78, 5) is 28.3. The van der Waals surface area contributed by atoms with E-state index in [1.807, 2.05) is 50.2 Å². The fraction of sp³-hybridized carbons (Fsp3) is 0.364. The quantitative estimate of drug-likeness (QED) is 0.800. The third kappa shape index (κ3) is 5.33. The van der Waals surface area contributed by atoms with Crippen molar-refractivity contribution in [2.75, 3.05) is 34.8 Å². The van der Waals surface area contributed by atoms with Gasteiger partial charge in [-0.05, 0) is 63.6 Å². The van der Waals surface area contributed by atoms with Crippen molar-refractivity contribution < 1.29 is 9.59 Å². The molecule has 0 aliphatic rings. The molecular weight excluding hydrogens is 338 g/mol. The first-order valence-electron chi connectivity index (χ1n) is 9.35. The standard InChI is InChI=1S/C22H29N3O2/c1-6-24(7-2)20-12-13-21(17(4)14-20)23-22(27)15-25(18(5)26)19-10-8-16(3)9-11-19/h8-14H,6-7,15H2,1-5H3,(H,23,27). The Morgan fingerprint density at radius 1 is 0.926 bits per heavy atom. The van der Waals surface area contributed by atoms with Gasteiger partial charge < -0.3 is 15.1 Å². The molecule has 0 unspecified atom stereocenters. The Bertz CT molecular complexity index is 796. The van der Waals surface area contributed by atoms with E-state index in [1.165, 1.54) is 11.8 Å². The normalized spacial score (nSPS) is 10.4. The number of carbonyl (C=O) groups is 2. The number of anilines is 3. The molecule has 5 nitrogen and oxygen atoms in total. The number of hydrogen-bond donors (Lipinski definition) is 1. The topological polar surface area (TPSA) is 52.7 Å². The number of rotatable bonds is 7. The van der Waals surface area contributed by atoms with E-state index in [0.29, 0.717) is 0 Å². The molecule has 2 rings (SSSR count). The Kier molecular flexibility index (Phi) is 6.99. The Balaban J connectivity index is 2.11. The van der Waals surface area contributed by atoms with Gasteiger partial charge in [-0.15, -0.1) is 0 Å². The second-order valence-corrected chi connectivity index (χ2v) is 6.66. The monoisotopic (exact) mass is 367 g/mol. The summed E-state index contributed by atoms with van der Waals surface area (Å²) < 4.78 is 0. The number of amides is 2. The van der Waals surface area contributed by atoms with Crippen LogP contribution in [0.1, 0.15) is 31.9 Å². The van der Waals surface area contributed by atoms with Crippen molar-refractivity contribution in [3.8, 4) is 0 Å². The zero-order valence-corrected chi connectivity index (χ0v) is 16.9. The minimum absolute atomic E-state index is 0.0182. The van der Waals surface area contributed by atoms with Crippen molar-refractivity contribution >= 4 is 28.9 Å². The first-order valence-corrected chi connectivity index (χ1v) is 9.35. The predicted molar refractivity (Wildman–Crippen MR) is 113 cm³/mol. The fourth-order valence-corrected chi connectivity index (χ4v) is 3.02. The van der Waals surface area contributed by atoms with Gasteiger partial charge in [-0.3, -0.25) is 9.59 Å². The molecule has 0 aliphatic heterocycles. The largest absolute Gasteiger partial charge is 0.372 e. The Labute approximate surface area is 162 Å². The highest BCUT2D eigenvalue weighted by Crippen LogP contribution is 2.23. The second kappa shape index (κ2) is 9.21. The smallest absolute Gasteiger partial charge is 0.244 e. The molecule has 0 saturated heterocycles. The second-order valence-electron chi connectivity index (χ2n) is 6.66. The molecule has 2 aromatic carbocycles. The van der Waals surface area contributed by atoms with Crippen molar-refractivity contribution in [1.82, 2.24) is 0 Å². The first-order chi connectivity index (χ1) is 12.8. The SMILES string of the molecule is CCN(CC)c1ccc(NC(=O)CN(C(C)=O)c2ccc(C)cc2)c(C)c1. The molecule has 0 heterocycles. The number of aryl methyl sites for hydroxylation is 2. The Morgan fingerprint density at radius 2 is 1.52 bits per heavy atom. The van der Waals surface area contributed by atoms with Crippen molar-refractivity contribution in [2.45, 2.75) is 34.6 Å². The van der Waals surface area contributed by atoms with Crippen LogP contribution in [0, 0.1) is 13.8 Å². The molecule has 2 aromatic rings. The van der Waals surface area contributed by atoms with Crippen LogP contribution in [0.25, 0.3) is 0 Å². The van der Waals surface area contributed by atoms with Gasteiger partial charge >= 0.3 is 0 Å². The van der Waals surface area contributed by atoms with Crippen LogP contribution in [-0.2, 0) is 9.59 Å². The molecule has 0 bridgehead atoms. The predicted octanol–water partition coefficient (Wildman–Crippen LogP) is 4.14. The fourth-order valence-electron chi connectivity index (χ4n) is 3.02. The van der Waals surface area contributed by atoms with Crippen molar-refractivity contribution in [3.63, 3.8) is 0 Å². The van der Waals surface area contributed by atoms with Crippen LogP contribution in [0.15, 0.2) is 42.5 Å². The number of nitrogens with one attached hydrogen (secondary N) is 1. The van der Waals surface area contributed by atoms with Crippen LogP contribution in [0.3, 0.4) is 0 Å². The van der Waals surface area contributed by atoms with Gasteiger partial charge in [0.25, 0.3) is 0 Å². The molecule has 0 spiro atoms. The number of carbonyl (C=O) groups excluding carboxylic acids is 2. The van der Waals surface area contributed by atoms with Crippen LogP contribution in [-0.4, -0.2) is 31.4 Å². The van der Waals surface area contributed by atoms with Crippen molar-refractivity contribution in [2.24, 2.45) is 0 Å². The molecule has 2 amide bonds. The zero-order chi connectivity index (χ0) is 20.0. The van der Waals surface area contributed by atoms with Crippen LogP contribution in [0.2, 0.25) is 0 Å². The maximum Gasteiger partial charge on any atom is 0.244 e. The molecule has 144 valence electrons. The van der Waals surface area contributed by atoms with Gasteiger partial charge in [0.05, 0.1) is 0 Å². The third-order valence-corrected chi connectivity index (χ3v) is 4.64. The highest BCUT2D eigenvalue weighted by Gasteiger charge is 2.16. The average Bonchev–Trinajstić information content (AvgIpc) is 2.63. The van der Waals surface area contributed by atoms with Gasteiger partial charge in [0.2, 0.25) is 11.8 Å². The average molecular weight is 367 g/mol. The van der Waals surface area contributed by atoms with E-state index in [9.17, 15) is 9.59 Å². The van der Waals surface area contributed by atoms with Crippen LogP contribution >= 0.6 is 0 Å². The summed E-state index contributed by atoms with van der Waals surface area (Å²) >= 11 is 0. The lowest BCUT2D eigenvalue weighted by molar-refractivity contribution is -0.120. The van der Waals surface area contributed by atoms with Crippen molar-refractivity contribution in [3.05, 3.63) is 53.6 Å². The third-order valence-electron chi connectivity index (χ3n) is 4.64. The van der Waals surface area contributed by atoms with Crippen LogP contribution in [0.5, 0.6) is 0 Å². The maximum atomic E-state index is 12.5. The van der Waals surface area contributed by atoms with E-state index < -0.39 is 0 Å². The van der Waals surface area contributed by atoms with Gasteiger partial charge in [0.1, 0.15) is 6.54 Å². The minimum Gasteiger partial charge on any atom is -0.372 e. The maximum absolute atomic E-state index is 12.5. The number of benzene rings is 2. The highest BCUT2D eigenvalue weighted by molar-refractivity contribution is 6.02. The lowest BCUT2D eigenvalue weighted by Crippen LogP contribution is -2.36. The summed E-state index contributed by atoms with van der Waals surface area (Å²) in [5.74, 6) is -0.382. The molecule has 1 N–H and O–H groups in total. The zero-order valence-electron chi connectivity index (χ0n) is 16.9. The van der Waals surface area contributed by atoms with Crippen molar-refractivity contribution in [1.29, 1.82) is 0 Å². The van der Waals surface area contributed by atoms with E-state index in [2.05, 4.69) is 30.1 Å². The summed E-state index contributed by atoms with van der Waals surface area (Å²) in [6.45, 7) is 11.5. The lowest BCUT2D eigenvalue weighted by atomic mass is 10.1. The molecule has 0 fully saturated rings. The summed E-state index contributed by atoms with van der Waals surface area (Å²) in [6, 6.07) is 13.6. The van der Waals surface area contributed by atoms with E-state index >= 15 is 0 Å². The summed E-state index contributed by atoms with van der Waals surface area (Å²) in [6.07, 6.45) is 0. The van der Waals surface area contributed by atoms with Gasteiger partial charge in [0, 0.05) is 37.1 Å². The molecule has 0 aliphatic carbocycles. The summed E-state index contributed by atoms with van der Waals surface area (Å²) in [5, 5.41) is 2.93. The molecule has 0 atom stereocenters. The molecule has 5 heteroatoms. The van der Waals surface area contributed by atoms with E-state index in [0.717, 1.165) is 41.3 Å². The molecule has 0 aromatic heterocycles. The van der Waals surface area contributed by atoms with Gasteiger partial charge in [0.15, 0.2) is 0 Å². The Hall–Kier alpha value is -2.82. The summed E-state index contributed by atoms with van der Waals surface area (Å²) in [5.41, 5.74) is 4.73. The van der Waals surface area contributed by atoms with Crippen LogP contribution < -0.4 is 15.1 Å². The highest BCUT2D eigenvalue weighted by atomic mass is 16.2. The van der Waals surface area contributed by atoms with Gasteiger partial charge in [-0.1, -0.05) is 17.7 Å².